The van der Waals surface area contributed by atoms with E-state index >= 15 is 0 Å². The SMILES string of the molecule is O=C(NCc1cccnc1)c1ccc(C[S@](=O)c2cccc(Cl)c2)o1. The molecule has 128 valence electrons. The number of pyridine rings is 1. The smallest absolute Gasteiger partial charge is 0.287 e. The summed E-state index contributed by atoms with van der Waals surface area (Å²) in [5, 5.41) is 3.28. The van der Waals surface area contributed by atoms with Gasteiger partial charge >= 0.3 is 0 Å². The van der Waals surface area contributed by atoms with E-state index in [0.717, 1.165) is 5.56 Å². The van der Waals surface area contributed by atoms with E-state index in [1.165, 1.54) is 0 Å². The highest BCUT2D eigenvalue weighted by Gasteiger charge is 2.13. The van der Waals surface area contributed by atoms with Crippen molar-refractivity contribution in [3.63, 3.8) is 0 Å². The van der Waals surface area contributed by atoms with Crippen LogP contribution in [0.15, 0.2) is 70.2 Å². The van der Waals surface area contributed by atoms with Crippen LogP contribution in [0.2, 0.25) is 5.02 Å². The van der Waals surface area contributed by atoms with Crippen LogP contribution in [0.3, 0.4) is 0 Å². The fraction of sp³-hybridized carbons (Fsp3) is 0.111. The van der Waals surface area contributed by atoms with Crippen molar-refractivity contribution in [3.8, 4) is 0 Å². The van der Waals surface area contributed by atoms with Gasteiger partial charge < -0.3 is 9.73 Å². The summed E-state index contributed by atoms with van der Waals surface area (Å²) in [7, 11) is -1.30. The Kier molecular flexibility index (Phi) is 5.63. The van der Waals surface area contributed by atoms with Crippen molar-refractivity contribution in [2.24, 2.45) is 0 Å². The molecule has 7 heteroatoms. The first-order chi connectivity index (χ1) is 12.1. The maximum atomic E-state index is 12.3. The first-order valence-electron chi connectivity index (χ1n) is 7.51. The van der Waals surface area contributed by atoms with Gasteiger partial charge in [-0.3, -0.25) is 14.0 Å². The number of rotatable bonds is 6. The molecule has 1 amide bonds. The Balaban J connectivity index is 1.60. The molecule has 1 atom stereocenters. The number of hydrogen-bond donors (Lipinski definition) is 1. The number of nitrogens with zero attached hydrogens (tertiary/aromatic N) is 1. The maximum absolute atomic E-state index is 12.3. The summed E-state index contributed by atoms with van der Waals surface area (Å²) >= 11 is 5.91. The molecule has 5 nitrogen and oxygen atoms in total. The second-order valence-electron chi connectivity index (χ2n) is 5.26. The minimum atomic E-state index is -1.30. The minimum absolute atomic E-state index is 0.177. The van der Waals surface area contributed by atoms with E-state index in [-0.39, 0.29) is 17.4 Å². The number of halogens is 1. The molecule has 3 aromatic rings. The molecule has 0 saturated heterocycles. The van der Waals surface area contributed by atoms with Gasteiger partial charge in [0.1, 0.15) is 5.76 Å². The molecule has 0 bridgehead atoms. The largest absolute Gasteiger partial charge is 0.455 e. The van der Waals surface area contributed by atoms with Crippen LogP contribution in [0.25, 0.3) is 0 Å². The van der Waals surface area contributed by atoms with E-state index in [1.807, 2.05) is 6.07 Å². The second kappa shape index (κ2) is 8.09. The molecule has 25 heavy (non-hydrogen) atoms. The van der Waals surface area contributed by atoms with Crippen LogP contribution in [0.1, 0.15) is 21.9 Å². The molecule has 2 aromatic heterocycles. The molecule has 1 N–H and O–H groups in total. The summed E-state index contributed by atoms with van der Waals surface area (Å²) in [6, 6.07) is 13.8. The van der Waals surface area contributed by atoms with Gasteiger partial charge in [-0.1, -0.05) is 23.7 Å². The van der Waals surface area contributed by atoms with E-state index in [9.17, 15) is 9.00 Å². The van der Waals surface area contributed by atoms with Gasteiger partial charge in [0.25, 0.3) is 5.91 Å². The van der Waals surface area contributed by atoms with Crippen LogP contribution >= 0.6 is 11.6 Å². The fourth-order valence-corrected chi connectivity index (χ4v) is 3.49. The van der Waals surface area contributed by atoms with E-state index in [2.05, 4.69) is 10.3 Å². The standard InChI is InChI=1S/C18H15ClN2O3S/c19-14-4-1-5-16(9-14)25(23)12-15-6-7-17(24-15)18(22)21-11-13-3-2-8-20-10-13/h1-10H,11-12H2,(H,21,22)/t25-/m0/s1. The average Bonchev–Trinajstić information content (AvgIpc) is 3.09. The van der Waals surface area contributed by atoms with Gasteiger partial charge in [0.05, 0.1) is 16.6 Å². The zero-order valence-electron chi connectivity index (χ0n) is 13.1. The van der Waals surface area contributed by atoms with Gasteiger partial charge in [0, 0.05) is 28.9 Å². The van der Waals surface area contributed by atoms with Crippen LogP contribution < -0.4 is 5.32 Å². The number of benzene rings is 1. The number of furan rings is 1. The molecule has 0 saturated carbocycles. The van der Waals surface area contributed by atoms with Gasteiger partial charge in [-0.15, -0.1) is 0 Å². The number of carbonyl (C=O) groups excluding carboxylic acids is 1. The van der Waals surface area contributed by atoms with Gasteiger partial charge in [0.2, 0.25) is 0 Å². The molecule has 0 aliphatic rings. The quantitative estimate of drug-likeness (QED) is 0.716. The van der Waals surface area contributed by atoms with Crippen molar-refractivity contribution in [2.45, 2.75) is 17.2 Å². The average molecular weight is 375 g/mol. The van der Waals surface area contributed by atoms with Crippen molar-refractivity contribution in [1.82, 2.24) is 10.3 Å². The lowest BCUT2D eigenvalue weighted by molar-refractivity contribution is 0.0921. The molecule has 0 unspecified atom stereocenters. The molecule has 0 aliphatic carbocycles. The van der Waals surface area contributed by atoms with Gasteiger partial charge in [-0.05, 0) is 42.0 Å². The summed E-state index contributed by atoms with van der Waals surface area (Å²) in [5.74, 6) is 0.506. The summed E-state index contributed by atoms with van der Waals surface area (Å²) in [6.07, 6.45) is 3.35. The molecule has 0 spiro atoms. The first-order valence-corrected chi connectivity index (χ1v) is 9.21. The summed E-state index contributed by atoms with van der Waals surface area (Å²) < 4.78 is 17.8. The Hall–Kier alpha value is -2.44. The molecule has 1 aromatic carbocycles. The van der Waals surface area contributed by atoms with Crippen LogP contribution in [-0.4, -0.2) is 15.1 Å². The molecule has 0 aliphatic heterocycles. The highest BCUT2D eigenvalue weighted by molar-refractivity contribution is 7.84. The lowest BCUT2D eigenvalue weighted by Crippen LogP contribution is -2.22. The maximum Gasteiger partial charge on any atom is 0.287 e. The van der Waals surface area contributed by atoms with E-state index in [0.29, 0.717) is 22.2 Å². The molecular weight excluding hydrogens is 360 g/mol. The third kappa shape index (κ3) is 4.78. The van der Waals surface area contributed by atoms with Gasteiger partial charge in [0.15, 0.2) is 5.76 Å². The Labute approximate surface area is 152 Å². The van der Waals surface area contributed by atoms with Crippen LogP contribution in [0, 0.1) is 0 Å². The van der Waals surface area contributed by atoms with Crippen LogP contribution in [-0.2, 0) is 23.1 Å². The molecule has 3 rings (SSSR count). The number of carbonyl (C=O) groups is 1. The topological polar surface area (TPSA) is 72.2 Å². The predicted molar refractivity (Wildman–Crippen MR) is 95.7 cm³/mol. The summed E-state index contributed by atoms with van der Waals surface area (Å²) in [6.45, 7) is 0.358. The molecule has 2 heterocycles. The third-order valence-corrected chi connectivity index (χ3v) is 4.96. The molecule has 0 fully saturated rings. The van der Waals surface area contributed by atoms with Crippen molar-refractivity contribution in [3.05, 3.63) is 83.0 Å². The van der Waals surface area contributed by atoms with Crippen molar-refractivity contribution in [1.29, 1.82) is 0 Å². The zero-order valence-corrected chi connectivity index (χ0v) is 14.7. The lowest BCUT2D eigenvalue weighted by atomic mass is 10.3. The second-order valence-corrected chi connectivity index (χ2v) is 7.14. The van der Waals surface area contributed by atoms with Gasteiger partial charge in [-0.25, -0.2) is 0 Å². The Morgan fingerprint density at radius 3 is 2.84 bits per heavy atom. The first kappa shape index (κ1) is 17.4. The minimum Gasteiger partial charge on any atom is -0.455 e. The zero-order chi connectivity index (χ0) is 17.6. The number of nitrogens with one attached hydrogen (secondary N) is 1. The van der Waals surface area contributed by atoms with Crippen LogP contribution in [0.4, 0.5) is 0 Å². The normalized spacial score (nSPS) is 11.9. The monoisotopic (exact) mass is 374 g/mol. The Morgan fingerprint density at radius 2 is 2.08 bits per heavy atom. The summed E-state index contributed by atoms with van der Waals surface area (Å²) in [4.78, 5) is 16.7. The highest BCUT2D eigenvalue weighted by Crippen LogP contribution is 2.18. The molecular formula is C18H15ClN2O3S. The summed E-state index contributed by atoms with van der Waals surface area (Å²) in [5.41, 5.74) is 0.893. The Bertz CT molecular complexity index is 896. The van der Waals surface area contributed by atoms with E-state index in [4.69, 9.17) is 16.0 Å². The highest BCUT2D eigenvalue weighted by atomic mass is 35.5. The van der Waals surface area contributed by atoms with Crippen molar-refractivity contribution in [2.75, 3.05) is 0 Å². The van der Waals surface area contributed by atoms with Gasteiger partial charge in [-0.2, -0.15) is 0 Å². The lowest BCUT2D eigenvalue weighted by Gasteiger charge is -2.03. The number of hydrogen-bond acceptors (Lipinski definition) is 4. The van der Waals surface area contributed by atoms with E-state index in [1.54, 1.807) is 54.9 Å². The van der Waals surface area contributed by atoms with Crippen molar-refractivity contribution >= 4 is 28.3 Å². The number of aromatic nitrogens is 1. The number of amides is 1. The predicted octanol–water partition coefficient (Wildman–Crippen LogP) is 3.57. The van der Waals surface area contributed by atoms with Crippen molar-refractivity contribution < 1.29 is 13.4 Å². The Morgan fingerprint density at radius 1 is 1.20 bits per heavy atom. The fourth-order valence-electron chi connectivity index (χ4n) is 2.17. The third-order valence-electron chi connectivity index (χ3n) is 3.39. The van der Waals surface area contributed by atoms with E-state index < -0.39 is 10.8 Å². The van der Waals surface area contributed by atoms with Crippen LogP contribution in [0.5, 0.6) is 0 Å². The molecule has 0 radical (unpaired) electrons.